The molecule has 0 saturated carbocycles. The Kier molecular flexibility index (Phi) is 4.40. The van der Waals surface area contributed by atoms with Gasteiger partial charge in [0.1, 0.15) is 5.82 Å². The van der Waals surface area contributed by atoms with Crippen molar-refractivity contribution < 1.29 is 8.42 Å². The Labute approximate surface area is 123 Å². The molecule has 0 aliphatic carbocycles. The van der Waals surface area contributed by atoms with Crippen molar-refractivity contribution in [2.75, 3.05) is 0 Å². The van der Waals surface area contributed by atoms with E-state index in [9.17, 15) is 8.42 Å². The molecule has 0 fully saturated rings. The van der Waals surface area contributed by atoms with Crippen molar-refractivity contribution in [3.8, 4) is 6.07 Å². The molecule has 21 heavy (non-hydrogen) atoms. The highest BCUT2D eigenvalue weighted by molar-refractivity contribution is 7.89. The van der Waals surface area contributed by atoms with Crippen molar-refractivity contribution >= 4 is 10.0 Å². The third kappa shape index (κ3) is 3.68. The van der Waals surface area contributed by atoms with Gasteiger partial charge in [-0.15, -0.1) is 0 Å². The summed E-state index contributed by atoms with van der Waals surface area (Å²) < 4.78 is 26.8. The van der Waals surface area contributed by atoms with Gasteiger partial charge in [-0.2, -0.15) is 5.26 Å². The fourth-order valence-electron chi connectivity index (χ4n) is 1.76. The summed E-state index contributed by atoms with van der Waals surface area (Å²) in [6, 6.07) is 8.81. The number of hydrogen-bond acceptors (Lipinski definition) is 4. The van der Waals surface area contributed by atoms with E-state index in [1.54, 1.807) is 24.3 Å². The molecule has 2 aromatic rings. The highest BCUT2D eigenvalue weighted by Crippen LogP contribution is 2.13. The standard InChI is InChI=1S/C14H16N4O2S/c1-10(2)14-16-9-13(18-14)21(19,20)17-8-12-5-3-4-11(6-12)7-15/h3-6,9-10,17H,8H2,1-2H3,(H,16,18). The zero-order chi connectivity index (χ0) is 15.5. The largest absolute Gasteiger partial charge is 0.332 e. The summed E-state index contributed by atoms with van der Waals surface area (Å²) in [6.07, 6.45) is 1.31. The molecular weight excluding hydrogens is 288 g/mol. The Morgan fingerprint density at radius 1 is 1.43 bits per heavy atom. The van der Waals surface area contributed by atoms with Gasteiger partial charge in [0.15, 0.2) is 5.03 Å². The van der Waals surface area contributed by atoms with Crippen LogP contribution in [-0.4, -0.2) is 18.4 Å². The first-order valence-corrected chi connectivity index (χ1v) is 7.94. The maximum atomic E-state index is 12.1. The maximum Gasteiger partial charge on any atom is 0.257 e. The number of sulfonamides is 1. The molecule has 2 rings (SSSR count). The van der Waals surface area contributed by atoms with Gasteiger partial charge in [-0.25, -0.2) is 18.1 Å². The molecule has 0 aliphatic rings. The zero-order valence-electron chi connectivity index (χ0n) is 11.8. The van der Waals surface area contributed by atoms with E-state index in [0.29, 0.717) is 11.4 Å². The Morgan fingerprint density at radius 3 is 2.81 bits per heavy atom. The van der Waals surface area contributed by atoms with E-state index < -0.39 is 10.0 Å². The molecule has 7 heteroatoms. The Balaban J connectivity index is 2.12. The highest BCUT2D eigenvalue weighted by atomic mass is 32.2. The topological polar surface area (TPSA) is 98.6 Å². The molecule has 0 saturated heterocycles. The minimum Gasteiger partial charge on any atom is -0.332 e. The van der Waals surface area contributed by atoms with Gasteiger partial charge >= 0.3 is 0 Å². The molecular formula is C14H16N4O2S. The monoisotopic (exact) mass is 304 g/mol. The average Bonchev–Trinajstić information content (AvgIpc) is 2.96. The van der Waals surface area contributed by atoms with Crippen LogP contribution in [0.4, 0.5) is 0 Å². The van der Waals surface area contributed by atoms with E-state index in [0.717, 1.165) is 5.56 Å². The van der Waals surface area contributed by atoms with E-state index in [4.69, 9.17) is 5.26 Å². The molecule has 0 atom stereocenters. The lowest BCUT2D eigenvalue weighted by Gasteiger charge is -2.05. The van der Waals surface area contributed by atoms with Crippen LogP contribution in [0.2, 0.25) is 0 Å². The van der Waals surface area contributed by atoms with Gasteiger partial charge in [-0.1, -0.05) is 26.0 Å². The molecule has 0 aliphatic heterocycles. The zero-order valence-corrected chi connectivity index (χ0v) is 12.6. The lowest BCUT2D eigenvalue weighted by atomic mass is 10.1. The highest BCUT2D eigenvalue weighted by Gasteiger charge is 2.17. The van der Waals surface area contributed by atoms with E-state index >= 15 is 0 Å². The number of benzene rings is 1. The first kappa shape index (κ1) is 15.2. The van der Waals surface area contributed by atoms with Crippen molar-refractivity contribution in [1.29, 1.82) is 5.26 Å². The van der Waals surface area contributed by atoms with Crippen molar-refractivity contribution in [2.45, 2.75) is 31.3 Å². The molecule has 2 N–H and O–H groups in total. The number of rotatable bonds is 5. The number of aromatic amines is 1. The second-order valence-corrected chi connectivity index (χ2v) is 6.66. The van der Waals surface area contributed by atoms with Gasteiger partial charge in [0, 0.05) is 12.5 Å². The lowest BCUT2D eigenvalue weighted by molar-refractivity contribution is 0.577. The molecule has 0 spiro atoms. The van der Waals surface area contributed by atoms with Crippen LogP contribution < -0.4 is 4.72 Å². The van der Waals surface area contributed by atoms with Gasteiger partial charge in [0.05, 0.1) is 17.8 Å². The van der Waals surface area contributed by atoms with E-state index in [1.807, 2.05) is 19.9 Å². The van der Waals surface area contributed by atoms with Gasteiger partial charge in [0.25, 0.3) is 10.0 Å². The predicted octanol–water partition coefficient (Wildman–Crippen LogP) is 1.88. The van der Waals surface area contributed by atoms with Crippen molar-refractivity contribution in [1.82, 2.24) is 14.7 Å². The van der Waals surface area contributed by atoms with Crippen molar-refractivity contribution in [3.63, 3.8) is 0 Å². The number of aromatic nitrogens is 2. The molecule has 0 radical (unpaired) electrons. The normalized spacial score (nSPS) is 11.5. The third-order valence-corrected chi connectivity index (χ3v) is 4.24. The van der Waals surface area contributed by atoms with Crippen LogP contribution in [0.15, 0.2) is 35.5 Å². The summed E-state index contributed by atoms with van der Waals surface area (Å²) in [5, 5.41) is 8.87. The molecule has 1 aromatic carbocycles. The second kappa shape index (κ2) is 6.08. The van der Waals surface area contributed by atoms with Gasteiger partial charge < -0.3 is 4.98 Å². The van der Waals surface area contributed by atoms with Crippen LogP contribution in [0.5, 0.6) is 0 Å². The maximum absolute atomic E-state index is 12.1. The van der Waals surface area contributed by atoms with Crippen molar-refractivity contribution in [2.24, 2.45) is 0 Å². The molecule has 6 nitrogen and oxygen atoms in total. The first-order chi connectivity index (χ1) is 9.92. The molecule has 110 valence electrons. The molecule has 1 aromatic heterocycles. The van der Waals surface area contributed by atoms with Crippen LogP contribution >= 0.6 is 0 Å². The number of imidazole rings is 1. The Hall–Kier alpha value is -2.17. The van der Waals surface area contributed by atoms with Gasteiger partial charge in [-0.05, 0) is 17.7 Å². The summed E-state index contributed by atoms with van der Waals surface area (Å²) in [7, 11) is -3.64. The third-order valence-electron chi connectivity index (χ3n) is 2.93. The molecule has 0 unspecified atom stereocenters. The number of hydrogen-bond donors (Lipinski definition) is 2. The Morgan fingerprint density at radius 2 is 2.19 bits per heavy atom. The van der Waals surface area contributed by atoms with Gasteiger partial charge in [0.2, 0.25) is 0 Å². The minimum atomic E-state index is -3.64. The summed E-state index contributed by atoms with van der Waals surface area (Å²) in [6.45, 7) is 3.97. The summed E-state index contributed by atoms with van der Waals surface area (Å²) >= 11 is 0. The number of nitriles is 1. The smallest absolute Gasteiger partial charge is 0.257 e. The molecule has 0 amide bonds. The summed E-state index contributed by atoms with van der Waals surface area (Å²) in [5.74, 6) is 0.753. The fourth-order valence-corrected chi connectivity index (χ4v) is 2.70. The van der Waals surface area contributed by atoms with E-state index in [1.165, 1.54) is 6.20 Å². The first-order valence-electron chi connectivity index (χ1n) is 6.46. The van der Waals surface area contributed by atoms with Crippen LogP contribution in [0.3, 0.4) is 0 Å². The SMILES string of the molecule is CC(C)c1ncc(S(=O)(=O)NCc2cccc(C#N)c2)[nH]1. The molecule has 1 heterocycles. The minimum absolute atomic E-state index is 0.0441. The van der Waals surface area contributed by atoms with E-state index in [-0.39, 0.29) is 17.5 Å². The fraction of sp³-hybridized carbons (Fsp3) is 0.286. The molecule has 0 bridgehead atoms. The number of nitrogens with zero attached hydrogens (tertiary/aromatic N) is 2. The van der Waals surface area contributed by atoms with Crippen LogP contribution in [0.1, 0.15) is 36.7 Å². The second-order valence-electron chi connectivity index (χ2n) is 4.92. The van der Waals surface area contributed by atoms with Crippen LogP contribution in [0.25, 0.3) is 0 Å². The van der Waals surface area contributed by atoms with E-state index in [2.05, 4.69) is 14.7 Å². The Bertz CT molecular complexity index is 772. The summed E-state index contributed by atoms with van der Waals surface area (Å²) in [4.78, 5) is 6.84. The quantitative estimate of drug-likeness (QED) is 0.881. The van der Waals surface area contributed by atoms with Crippen LogP contribution in [0, 0.1) is 11.3 Å². The summed E-state index contributed by atoms with van der Waals surface area (Å²) in [5.41, 5.74) is 1.22. The average molecular weight is 304 g/mol. The van der Waals surface area contributed by atoms with Crippen LogP contribution in [-0.2, 0) is 16.6 Å². The lowest BCUT2D eigenvalue weighted by Crippen LogP contribution is -2.23. The predicted molar refractivity (Wildman–Crippen MR) is 77.9 cm³/mol. The van der Waals surface area contributed by atoms with Gasteiger partial charge in [-0.3, -0.25) is 0 Å². The van der Waals surface area contributed by atoms with Crippen molar-refractivity contribution in [3.05, 3.63) is 47.4 Å². The number of H-pyrrole nitrogens is 1. The number of nitrogens with one attached hydrogen (secondary N) is 2.